The lowest BCUT2D eigenvalue weighted by Crippen LogP contribution is -2.37. The standard InChI is InChI=1S/C21H25N5O2/c1-15(13-17-5-3-4-8-22-17)23-20(27)16-6-7-19-18(14-16)24-21(25(19)2)26-9-11-28-12-10-26/h3-8,14-15H,9-13H2,1-2H3,(H,23,27)/t15-/m0/s1. The van der Waals surface area contributed by atoms with Crippen molar-refractivity contribution in [3.05, 3.63) is 53.9 Å². The highest BCUT2D eigenvalue weighted by Gasteiger charge is 2.19. The van der Waals surface area contributed by atoms with E-state index in [1.54, 1.807) is 6.20 Å². The number of hydrogen-bond donors (Lipinski definition) is 1. The molecule has 1 fully saturated rings. The minimum atomic E-state index is -0.0936. The van der Waals surface area contributed by atoms with Crippen LogP contribution in [0.15, 0.2) is 42.6 Å². The highest BCUT2D eigenvalue weighted by molar-refractivity contribution is 5.97. The van der Waals surface area contributed by atoms with Crippen molar-refractivity contribution in [2.45, 2.75) is 19.4 Å². The fraction of sp³-hybridized carbons (Fsp3) is 0.381. The van der Waals surface area contributed by atoms with Gasteiger partial charge in [0.15, 0.2) is 0 Å². The first-order valence-corrected chi connectivity index (χ1v) is 9.62. The number of hydrogen-bond acceptors (Lipinski definition) is 5. The number of anilines is 1. The first kappa shape index (κ1) is 18.4. The molecule has 0 radical (unpaired) electrons. The monoisotopic (exact) mass is 379 g/mol. The van der Waals surface area contributed by atoms with Gasteiger partial charge in [0.1, 0.15) is 0 Å². The number of imidazole rings is 1. The van der Waals surface area contributed by atoms with Crippen LogP contribution in [0.5, 0.6) is 0 Å². The zero-order chi connectivity index (χ0) is 19.5. The van der Waals surface area contributed by atoms with Gasteiger partial charge in [-0.2, -0.15) is 0 Å². The van der Waals surface area contributed by atoms with E-state index in [1.165, 1.54) is 0 Å². The average molecular weight is 379 g/mol. The smallest absolute Gasteiger partial charge is 0.251 e. The number of amides is 1. The Morgan fingerprint density at radius 1 is 1.25 bits per heavy atom. The third-order valence-corrected chi connectivity index (χ3v) is 5.03. The number of carbonyl (C=O) groups is 1. The number of pyridine rings is 1. The van der Waals surface area contributed by atoms with Gasteiger partial charge in [-0.05, 0) is 37.3 Å². The van der Waals surface area contributed by atoms with E-state index in [0.717, 1.165) is 35.8 Å². The van der Waals surface area contributed by atoms with Crippen molar-refractivity contribution < 1.29 is 9.53 Å². The van der Waals surface area contributed by atoms with Gasteiger partial charge in [-0.15, -0.1) is 0 Å². The molecule has 0 unspecified atom stereocenters. The van der Waals surface area contributed by atoms with Crippen LogP contribution in [0.25, 0.3) is 11.0 Å². The molecule has 4 rings (SSSR count). The van der Waals surface area contributed by atoms with E-state index in [1.807, 2.05) is 50.4 Å². The van der Waals surface area contributed by atoms with Gasteiger partial charge in [0, 0.05) is 50.1 Å². The number of aromatic nitrogens is 3. The SMILES string of the molecule is C[C@@H](Cc1ccccn1)NC(=O)c1ccc2c(c1)nc(N1CCOCC1)n2C. The van der Waals surface area contributed by atoms with Gasteiger partial charge in [0.25, 0.3) is 5.91 Å². The molecule has 0 bridgehead atoms. The van der Waals surface area contributed by atoms with Crippen LogP contribution in [0, 0.1) is 0 Å². The molecule has 1 amide bonds. The maximum Gasteiger partial charge on any atom is 0.251 e. The van der Waals surface area contributed by atoms with Crippen LogP contribution in [0.2, 0.25) is 0 Å². The summed E-state index contributed by atoms with van der Waals surface area (Å²) in [6.45, 7) is 5.07. The Morgan fingerprint density at radius 2 is 2.07 bits per heavy atom. The number of ether oxygens (including phenoxy) is 1. The quantitative estimate of drug-likeness (QED) is 0.736. The van der Waals surface area contributed by atoms with Gasteiger partial charge >= 0.3 is 0 Å². The van der Waals surface area contributed by atoms with Gasteiger partial charge < -0.3 is 19.5 Å². The van der Waals surface area contributed by atoms with E-state index in [9.17, 15) is 4.79 Å². The Labute approximate surface area is 164 Å². The Morgan fingerprint density at radius 3 is 2.82 bits per heavy atom. The summed E-state index contributed by atoms with van der Waals surface area (Å²) in [6.07, 6.45) is 2.46. The number of benzene rings is 1. The van der Waals surface area contributed by atoms with Gasteiger partial charge in [-0.3, -0.25) is 9.78 Å². The summed E-state index contributed by atoms with van der Waals surface area (Å²) >= 11 is 0. The molecule has 3 heterocycles. The molecule has 3 aromatic rings. The molecule has 1 atom stereocenters. The summed E-state index contributed by atoms with van der Waals surface area (Å²) in [6, 6.07) is 11.5. The molecule has 0 spiro atoms. The van der Waals surface area contributed by atoms with E-state index in [-0.39, 0.29) is 11.9 Å². The van der Waals surface area contributed by atoms with Crippen LogP contribution in [0.1, 0.15) is 23.0 Å². The molecule has 1 aromatic carbocycles. The highest BCUT2D eigenvalue weighted by Crippen LogP contribution is 2.23. The topological polar surface area (TPSA) is 72.3 Å². The molecule has 0 saturated carbocycles. The van der Waals surface area contributed by atoms with E-state index in [4.69, 9.17) is 9.72 Å². The summed E-state index contributed by atoms with van der Waals surface area (Å²) in [5, 5.41) is 3.05. The summed E-state index contributed by atoms with van der Waals surface area (Å²) in [4.78, 5) is 24.0. The lowest BCUT2D eigenvalue weighted by molar-refractivity contribution is 0.0940. The second-order valence-corrected chi connectivity index (χ2v) is 7.17. The minimum Gasteiger partial charge on any atom is -0.378 e. The number of fused-ring (bicyclic) bond motifs is 1. The predicted octanol–water partition coefficient (Wildman–Crippen LogP) is 2.17. The molecule has 1 N–H and O–H groups in total. The molecule has 7 heteroatoms. The minimum absolute atomic E-state index is 0.00857. The lowest BCUT2D eigenvalue weighted by Gasteiger charge is -2.27. The zero-order valence-corrected chi connectivity index (χ0v) is 16.3. The molecule has 28 heavy (non-hydrogen) atoms. The molecular weight excluding hydrogens is 354 g/mol. The van der Waals surface area contributed by atoms with Crippen LogP contribution in [0.3, 0.4) is 0 Å². The number of nitrogens with zero attached hydrogens (tertiary/aromatic N) is 4. The van der Waals surface area contributed by atoms with Crippen molar-refractivity contribution in [2.75, 3.05) is 31.2 Å². The predicted molar refractivity (Wildman–Crippen MR) is 109 cm³/mol. The van der Waals surface area contributed by atoms with Crippen LogP contribution in [0.4, 0.5) is 5.95 Å². The highest BCUT2D eigenvalue weighted by atomic mass is 16.5. The molecular formula is C21H25N5O2. The number of morpholine rings is 1. The van der Waals surface area contributed by atoms with E-state index >= 15 is 0 Å². The fourth-order valence-electron chi connectivity index (χ4n) is 3.57. The first-order chi connectivity index (χ1) is 13.6. The summed E-state index contributed by atoms with van der Waals surface area (Å²) in [5.74, 6) is 0.822. The molecule has 0 aliphatic carbocycles. The molecule has 1 aliphatic rings. The van der Waals surface area contributed by atoms with Gasteiger partial charge in [0.05, 0.1) is 24.2 Å². The fourth-order valence-corrected chi connectivity index (χ4v) is 3.57. The number of aryl methyl sites for hydroxylation is 1. The normalized spacial score (nSPS) is 15.6. The van der Waals surface area contributed by atoms with Crippen LogP contribution in [-0.4, -0.2) is 52.8 Å². The Bertz CT molecular complexity index is 964. The van der Waals surface area contributed by atoms with E-state index in [0.29, 0.717) is 25.2 Å². The van der Waals surface area contributed by atoms with E-state index < -0.39 is 0 Å². The van der Waals surface area contributed by atoms with Crippen molar-refractivity contribution in [3.8, 4) is 0 Å². The van der Waals surface area contributed by atoms with Crippen molar-refractivity contribution in [1.29, 1.82) is 0 Å². The van der Waals surface area contributed by atoms with Gasteiger partial charge in [0.2, 0.25) is 5.95 Å². The van der Waals surface area contributed by atoms with Crippen molar-refractivity contribution >= 4 is 22.9 Å². The second kappa shape index (κ2) is 7.98. The number of carbonyl (C=O) groups excluding carboxylic acids is 1. The summed E-state index contributed by atoms with van der Waals surface area (Å²) in [7, 11) is 2.01. The molecule has 146 valence electrons. The summed E-state index contributed by atoms with van der Waals surface area (Å²) < 4.78 is 7.50. The molecule has 7 nitrogen and oxygen atoms in total. The third-order valence-electron chi connectivity index (χ3n) is 5.03. The van der Waals surface area contributed by atoms with Crippen molar-refractivity contribution in [2.24, 2.45) is 7.05 Å². The Kier molecular flexibility index (Phi) is 5.25. The van der Waals surface area contributed by atoms with Gasteiger partial charge in [-0.1, -0.05) is 6.07 Å². The van der Waals surface area contributed by atoms with Crippen molar-refractivity contribution in [1.82, 2.24) is 19.9 Å². The molecule has 1 saturated heterocycles. The Balaban J connectivity index is 1.49. The summed E-state index contributed by atoms with van der Waals surface area (Å²) in [5.41, 5.74) is 3.42. The second-order valence-electron chi connectivity index (χ2n) is 7.17. The zero-order valence-electron chi connectivity index (χ0n) is 16.3. The van der Waals surface area contributed by atoms with Crippen molar-refractivity contribution in [3.63, 3.8) is 0 Å². The number of nitrogens with one attached hydrogen (secondary N) is 1. The Hall–Kier alpha value is -2.93. The van der Waals surface area contributed by atoms with Crippen LogP contribution >= 0.6 is 0 Å². The maximum absolute atomic E-state index is 12.7. The largest absolute Gasteiger partial charge is 0.378 e. The van der Waals surface area contributed by atoms with E-state index in [2.05, 4.69) is 19.8 Å². The molecule has 2 aromatic heterocycles. The third kappa shape index (κ3) is 3.84. The van der Waals surface area contributed by atoms with Gasteiger partial charge in [-0.25, -0.2) is 4.98 Å². The van der Waals surface area contributed by atoms with Crippen LogP contribution < -0.4 is 10.2 Å². The molecule has 1 aliphatic heterocycles. The average Bonchev–Trinajstić information content (AvgIpc) is 3.05. The lowest BCUT2D eigenvalue weighted by atomic mass is 10.1. The number of rotatable bonds is 5. The van der Waals surface area contributed by atoms with Crippen LogP contribution in [-0.2, 0) is 18.2 Å². The maximum atomic E-state index is 12.7. The first-order valence-electron chi connectivity index (χ1n) is 9.62.